The van der Waals surface area contributed by atoms with E-state index < -0.39 is 39.9 Å². The second-order valence-electron chi connectivity index (χ2n) is 4.76. The molecule has 9 heteroatoms. The fourth-order valence-corrected chi connectivity index (χ4v) is 3.48. The molecule has 1 N–H and O–H groups in total. The summed E-state index contributed by atoms with van der Waals surface area (Å²) in [6.45, 7) is 5.32. The SMILES string of the molecule is CCNC(=O)COC(=O)c1cc(S(=O)(=O)N(CC)CC)ccc1F. The molecule has 0 heterocycles. The van der Waals surface area contributed by atoms with Gasteiger partial charge in [0.05, 0.1) is 10.5 Å². The number of likely N-dealkylation sites (N-methyl/N-ethyl adjacent to an activating group) is 1. The molecule has 1 aromatic carbocycles. The first kappa shape index (κ1) is 20.0. The molecular weight excluding hydrogens is 339 g/mol. The Morgan fingerprint density at radius 1 is 1.21 bits per heavy atom. The molecule has 0 bridgehead atoms. The normalized spacial score (nSPS) is 11.4. The summed E-state index contributed by atoms with van der Waals surface area (Å²) >= 11 is 0. The fraction of sp³-hybridized carbons (Fsp3) is 0.467. The molecule has 0 aliphatic heterocycles. The van der Waals surface area contributed by atoms with E-state index in [0.717, 1.165) is 18.2 Å². The van der Waals surface area contributed by atoms with Gasteiger partial charge in [0.25, 0.3) is 5.91 Å². The van der Waals surface area contributed by atoms with E-state index in [-0.39, 0.29) is 18.0 Å². The fourth-order valence-electron chi connectivity index (χ4n) is 1.99. The van der Waals surface area contributed by atoms with Crippen LogP contribution in [0.2, 0.25) is 0 Å². The number of nitrogens with one attached hydrogen (secondary N) is 1. The Hall–Kier alpha value is -2.00. The molecule has 0 spiro atoms. The van der Waals surface area contributed by atoms with Crippen LogP contribution in [0.1, 0.15) is 31.1 Å². The summed E-state index contributed by atoms with van der Waals surface area (Å²) in [4.78, 5) is 23.0. The quantitative estimate of drug-likeness (QED) is 0.702. The molecule has 24 heavy (non-hydrogen) atoms. The van der Waals surface area contributed by atoms with Crippen molar-refractivity contribution in [2.24, 2.45) is 0 Å². The molecule has 1 rings (SSSR count). The van der Waals surface area contributed by atoms with Crippen LogP contribution in [-0.2, 0) is 19.6 Å². The molecule has 7 nitrogen and oxygen atoms in total. The lowest BCUT2D eigenvalue weighted by atomic mass is 10.2. The zero-order valence-corrected chi connectivity index (χ0v) is 14.7. The molecular formula is C15H21FN2O5S. The van der Waals surface area contributed by atoms with Crippen LogP contribution in [0.5, 0.6) is 0 Å². The first-order valence-electron chi connectivity index (χ1n) is 7.51. The first-order valence-corrected chi connectivity index (χ1v) is 8.95. The zero-order chi connectivity index (χ0) is 18.3. The molecule has 0 radical (unpaired) electrons. The van der Waals surface area contributed by atoms with Gasteiger partial charge in [-0.3, -0.25) is 4.79 Å². The van der Waals surface area contributed by atoms with Crippen LogP contribution in [0.25, 0.3) is 0 Å². The maximum absolute atomic E-state index is 13.8. The molecule has 0 aliphatic carbocycles. The number of ether oxygens (including phenoxy) is 1. The van der Waals surface area contributed by atoms with Crippen LogP contribution in [0, 0.1) is 5.82 Å². The number of amides is 1. The van der Waals surface area contributed by atoms with Gasteiger partial charge in [0.2, 0.25) is 10.0 Å². The average Bonchev–Trinajstić information content (AvgIpc) is 2.54. The number of halogens is 1. The van der Waals surface area contributed by atoms with Crippen LogP contribution in [0.4, 0.5) is 4.39 Å². The van der Waals surface area contributed by atoms with E-state index in [4.69, 9.17) is 4.74 Å². The van der Waals surface area contributed by atoms with E-state index in [1.807, 2.05) is 0 Å². The van der Waals surface area contributed by atoms with Crippen molar-refractivity contribution in [1.82, 2.24) is 9.62 Å². The number of rotatable bonds is 8. The van der Waals surface area contributed by atoms with E-state index in [0.29, 0.717) is 6.54 Å². The van der Waals surface area contributed by atoms with Crippen LogP contribution in [0.3, 0.4) is 0 Å². The lowest BCUT2D eigenvalue weighted by Crippen LogP contribution is -2.31. The van der Waals surface area contributed by atoms with Crippen molar-refractivity contribution in [3.8, 4) is 0 Å². The average molecular weight is 360 g/mol. The third kappa shape index (κ3) is 4.75. The Kier molecular flexibility index (Phi) is 7.30. The Morgan fingerprint density at radius 3 is 2.38 bits per heavy atom. The van der Waals surface area contributed by atoms with Crippen molar-refractivity contribution in [1.29, 1.82) is 0 Å². The summed E-state index contributed by atoms with van der Waals surface area (Å²) in [6, 6.07) is 2.89. The highest BCUT2D eigenvalue weighted by molar-refractivity contribution is 7.89. The highest BCUT2D eigenvalue weighted by Gasteiger charge is 2.25. The van der Waals surface area contributed by atoms with E-state index in [2.05, 4.69) is 5.32 Å². The standard InChI is InChI=1S/C15H21FN2O5S/c1-4-17-14(19)10-23-15(20)12-9-11(7-8-13(12)16)24(21,22)18(5-2)6-3/h7-9H,4-6,10H2,1-3H3,(H,17,19). The van der Waals surface area contributed by atoms with Gasteiger partial charge >= 0.3 is 5.97 Å². The molecule has 0 atom stereocenters. The summed E-state index contributed by atoms with van der Waals surface area (Å²) in [6.07, 6.45) is 0. The molecule has 0 saturated heterocycles. The van der Waals surface area contributed by atoms with E-state index in [1.165, 1.54) is 4.31 Å². The second kappa shape index (κ2) is 8.74. The van der Waals surface area contributed by atoms with Crippen molar-refractivity contribution in [3.05, 3.63) is 29.6 Å². The largest absolute Gasteiger partial charge is 0.452 e. The van der Waals surface area contributed by atoms with E-state index >= 15 is 0 Å². The van der Waals surface area contributed by atoms with Gasteiger partial charge < -0.3 is 10.1 Å². The molecule has 0 aliphatic rings. The minimum atomic E-state index is -3.83. The summed E-state index contributed by atoms with van der Waals surface area (Å²) in [5.41, 5.74) is -0.535. The molecule has 1 amide bonds. The van der Waals surface area contributed by atoms with Crippen LogP contribution >= 0.6 is 0 Å². The smallest absolute Gasteiger partial charge is 0.341 e. The Labute approximate surface area is 140 Å². The zero-order valence-electron chi connectivity index (χ0n) is 13.8. The number of hydrogen-bond acceptors (Lipinski definition) is 5. The van der Waals surface area contributed by atoms with Crippen molar-refractivity contribution < 1.29 is 27.1 Å². The third-order valence-corrected chi connectivity index (χ3v) is 5.26. The molecule has 1 aromatic rings. The molecule has 134 valence electrons. The van der Waals surface area contributed by atoms with Crippen LogP contribution < -0.4 is 5.32 Å². The number of carbonyl (C=O) groups is 2. The number of esters is 1. The van der Waals surface area contributed by atoms with Gasteiger partial charge in [-0.15, -0.1) is 0 Å². The number of sulfonamides is 1. The lowest BCUT2D eigenvalue weighted by molar-refractivity contribution is -0.124. The topological polar surface area (TPSA) is 92.8 Å². The predicted octanol–water partition coefficient (Wildman–Crippen LogP) is 1.15. The van der Waals surface area contributed by atoms with Crippen molar-refractivity contribution in [2.45, 2.75) is 25.7 Å². The third-order valence-electron chi connectivity index (χ3n) is 3.21. The minimum absolute atomic E-state index is 0.211. The minimum Gasteiger partial charge on any atom is -0.452 e. The molecule has 0 saturated carbocycles. The van der Waals surface area contributed by atoms with Gasteiger partial charge in [-0.2, -0.15) is 4.31 Å². The van der Waals surface area contributed by atoms with Crippen LogP contribution in [-0.4, -0.2) is 50.8 Å². The van der Waals surface area contributed by atoms with Gasteiger partial charge in [0.15, 0.2) is 6.61 Å². The summed E-state index contributed by atoms with van der Waals surface area (Å²) in [5, 5.41) is 2.42. The summed E-state index contributed by atoms with van der Waals surface area (Å²) < 4.78 is 44.6. The summed E-state index contributed by atoms with van der Waals surface area (Å²) in [5.74, 6) is -2.55. The van der Waals surface area contributed by atoms with Crippen LogP contribution in [0.15, 0.2) is 23.1 Å². The van der Waals surface area contributed by atoms with Gasteiger partial charge in [0, 0.05) is 19.6 Å². The number of benzene rings is 1. The highest BCUT2D eigenvalue weighted by atomic mass is 32.2. The van der Waals surface area contributed by atoms with Gasteiger partial charge in [0.1, 0.15) is 5.82 Å². The Balaban J connectivity index is 3.06. The van der Waals surface area contributed by atoms with Crippen molar-refractivity contribution in [3.63, 3.8) is 0 Å². The van der Waals surface area contributed by atoms with Gasteiger partial charge in [-0.1, -0.05) is 13.8 Å². The van der Waals surface area contributed by atoms with Gasteiger partial charge in [-0.25, -0.2) is 17.6 Å². The van der Waals surface area contributed by atoms with Gasteiger partial charge in [-0.05, 0) is 25.1 Å². The highest BCUT2D eigenvalue weighted by Crippen LogP contribution is 2.19. The van der Waals surface area contributed by atoms with Crippen molar-refractivity contribution >= 4 is 21.9 Å². The Morgan fingerprint density at radius 2 is 1.83 bits per heavy atom. The predicted molar refractivity (Wildman–Crippen MR) is 85.5 cm³/mol. The molecule has 0 unspecified atom stereocenters. The maximum atomic E-state index is 13.8. The monoisotopic (exact) mass is 360 g/mol. The second-order valence-corrected chi connectivity index (χ2v) is 6.70. The Bertz CT molecular complexity index is 702. The first-order chi connectivity index (χ1) is 11.3. The lowest BCUT2D eigenvalue weighted by Gasteiger charge is -2.18. The number of nitrogens with zero attached hydrogens (tertiary/aromatic N) is 1. The van der Waals surface area contributed by atoms with Crippen molar-refractivity contribution in [2.75, 3.05) is 26.2 Å². The maximum Gasteiger partial charge on any atom is 0.341 e. The summed E-state index contributed by atoms with van der Waals surface area (Å²) in [7, 11) is -3.83. The molecule has 0 aromatic heterocycles. The number of hydrogen-bond donors (Lipinski definition) is 1. The molecule has 0 fully saturated rings. The van der Waals surface area contributed by atoms with E-state index in [9.17, 15) is 22.4 Å². The van der Waals surface area contributed by atoms with E-state index in [1.54, 1.807) is 20.8 Å². The number of carbonyl (C=O) groups excluding carboxylic acids is 2.